The van der Waals surface area contributed by atoms with Gasteiger partial charge >= 0.3 is 5.97 Å². The van der Waals surface area contributed by atoms with Crippen molar-refractivity contribution in [1.29, 1.82) is 0 Å². The maximum atomic E-state index is 12.6. The number of benzene rings is 1. The van der Waals surface area contributed by atoms with Gasteiger partial charge in [0.25, 0.3) is 0 Å². The standard InChI is InChI=1S/C20H28ClN3O2/c1-5-26-18(25)17(23-22-16-9-7-6-8-15(16)21)24-13-20(4)11-14(24)10-19(2,3)12-20/h6-9,14,22H,5,10-13H2,1-4H3/b23-17-/t14-,20-/m0/s1. The number of hydrogen-bond acceptors (Lipinski definition) is 4. The number of anilines is 1. The summed E-state index contributed by atoms with van der Waals surface area (Å²) in [7, 11) is 0. The topological polar surface area (TPSA) is 53.9 Å². The largest absolute Gasteiger partial charge is 0.460 e. The molecule has 1 N–H and O–H groups in total. The van der Waals surface area contributed by atoms with Gasteiger partial charge in [-0.25, -0.2) is 4.79 Å². The van der Waals surface area contributed by atoms with E-state index in [2.05, 4.69) is 36.2 Å². The van der Waals surface area contributed by atoms with Crippen molar-refractivity contribution in [3.63, 3.8) is 0 Å². The second-order valence-corrected chi connectivity index (χ2v) is 9.00. The number of ether oxygens (including phenoxy) is 1. The zero-order chi connectivity index (χ0) is 18.9. The highest BCUT2D eigenvalue weighted by molar-refractivity contribution is 6.36. The van der Waals surface area contributed by atoms with Crippen LogP contribution < -0.4 is 5.43 Å². The van der Waals surface area contributed by atoms with E-state index >= 15 is 0 Å². The molecule has 0 unspecified atom stereocenters. The summed E-state index contributed by atoms with van der Waals surface area (Å²) in [5, 5.41) is 4.99. The summed E-state index contributed by atoms with van der Waals surface area (Å²) >= 11 is 6.20. The third-order valence-electron chi connectivity index (χ3n) is 5.30. The maximum absolute atomic E-state index is 12.6. The zero-order valence-electron chi connectivity index (χ0n) is 16.0. The fourth-order valence-electron chi connectivity index (χ4n) is 4.80. The molecule has 1 saturated carbocycles. The van der Waals surface area contributed by atoms with Crippen LogP contribution >= 0.6 is 11.6 Å². The van der Waals surface area contributed by atoms with Gasteiger partial charge in [0, 0.05) is 12.6 Å². The highest BCUT2D eigenvalue weighted by atomic mass is 35.5. The molecule has 2 aliphatic rings. The van der Waals surface area contributed by atoms with E-state index in [0.717, 1.165) is 25.8 Å². The van der Waals surface area contributed by atoms with Crippen molar-refractivity contribution < 1.29 is 9.53 Å². The average Bonchev–Trinajstić information content (AvgIpc) is 2.78. The Balaban J connectivity index is 1.89. The van der Waals surface area contributed by atoms with Crippen molar-refractivity contribution in [2.75, 3.05) is 18.6 Å². The van der Waals surface area contributed by atoms with Crippen molar-refractivity contribution in [3.05, 3.63) is 29.3 Å². The van der Waals surface area contributed by atoms with Crippen LogP contribution in [0.5, 0.6) is 0 Å². The maximum Gasteiger partial charge on any atom is 0.376 e. The Kier molecular flexibility index (Phi) is 5.20. The van der Waals surface area contributed by atoms with Gasteiger partial charge in [-0.05, 0) is 49.1 Å². The molecule has 2 bridgehead atoms. The fraction of sp³-hybridized carbons (Fsp3) is 0.600. The summed E-state index contributed by atoms with van der Waals surface area (Å²) in [6, 6.07) is 7.66. The van der Waals surface area contributed by atoms with Gasteiger partial charge in [0.15, 0.2) is 0 Å². The first-order chi connectivity index (χ1) is 12.2. The summed E-state index contributed by atoms with van der Waals surface area (Å²) in [5.74, 6) is -0.0424. The van der Waals surface area contributed by atoms with Crippen LogP contribution in [0.3, 0.4) is 0 Å². The Morgan fingerprint density at radius 3 is 2.77 bits per heavy atom. The molecule has 2 atom stereocenters. The van der Waals surface area contributed by atoms with Crippen LogP contribution in [-0.2, 0) is 9.53 Å². The molecule has 1 aliphatic carbocycles. The first kappa shape index (κ1) is 19.0. The summed E-state index contributed by atoms with van der Waals surface area (Å²) in [6.45, 7) is 9.89. The number of hydrogen-bond donors (Lipinski definition) is 1. The molecule has 1 heterocycles. The third-order valence-corrected chi connectivity index (χ3v) is 5.63. The van der Waals surface area contributed by atoms with E-state index in [-0.39, 0.29) is 16.8 Å². The molecular formula is C20H28ClN3O2. The first-order valence-electron chi connectivity index (χ1n) is 9.25. The van der Waals surface area contributed by atoms with Crippen LogP contribution in [-0.4, -0.2) is 35.9 Å². The number of carbonyl (C=O) groups is 1. The molecule has 0 spiro atoms. The number of carbonyl (C=O) groups excluding carboxylic acids is 1. The molecule has 6 heteroatoms. The minimum atomic E-state index is -0.388. The van der Waals surface area contributed by atoms with Crippen molar-refractivity contribution in [2.45, 2.75) is 53.0 Å². The summed E-state index contributed by atoms with van der Waals surface area (Å²) in [6.07, 6.45) is 3.29. The molecule has 0 radical (unpaired) electrons. The van der Waals surface area contributed by atoms with Gasteiger partial charge in [-0.2, -0.15) is 0 Å². The number of nitrogens with one attached hydrogen (secondary N) is 1. The van der Waals surface area contributed by atoms with Gasteiger partial charge in [-0.15, -0.1) is 5.10 Å². The number of fused-ring (bicyclic) bond motifs is 2. The van der Waals surface area contributed by atoms with Crippen molar-refractivity contribution in [3.8, 4) is 0 Å². The van der Waals surface area contributed by atoms with Crippen molar-refractivity contribution >= 4 is 29.1 Å². The van der Waals surface area contributed by atoms with E-state index in [0.29, 0.717) is 29.2 Å². The van der Waals surface area contributed by atoms with Crippen LogP contribution in [0, 0.1) is 10.8 Å². The number of rotatable bonds is 3. The van der Waals surface area contributed by atoms with Gasteiger partial charge in [0.2, 0.25) is 5.84 Å². The van der Waals surface area contributed by atoms with Crippen molar-refractivity contribution in [2.24, 2.45) is 15.9 Å². The lowest BCUT2D eigenvalue weighted by Gasteiger charge is -2.39. The predicted molar refractivity (Wildman–Crippen MR) is 105 cm³/mol. The Bertz CT molecular complexity index is 719. The molecule has 142 valence electrons. The molecular weight excluding hydrogens is 350 g/mol. The molecule has 0 amide bonds. The molecule has 3 rings (SSSR count). The Hall–Kier alpha value is -1.75. The summed E-state index contributed by atoms with van der Waals surface area (Å²) in [4.78, 5) is 14.8. The number of hydrazone groups is 1. The second kappa shape index (κ2) is 7.10. The molecule has 1 saturated heterocycles. The van der Waals surface area contributed by atoms with Gasteiger partial charge in [0.05, 0.1) is 17.3 Å². The van der Waals surface area contributed by atoms with E-state index in [1.54, 1.807) is 6.07 Å². The molecule has 5 nitrogen and oxygen atoms in total. The van der Waals surface area contributed by atoms with Gasteiger partial charge in [-0.3, -0.25) is 5.43 Å². The van der Waals surface area contributed by atoms with Gasteiger partial charge < -0.3 is 9.64 Å². The Labute approximate surface area is 160 Å². The van der Waals surface area contributed by atoms with E-state index in [1.807, 2.05) is 25.1 Å². The lowest BCUT2D eigenvalue weighted by atomic mass is 9.65. The number of para-hydroxylation sites is 1. The van der Waals surface area contributed by atoms with E-state index < -0.39 is 0 Å². The van der Waals surface area contributed by atoms with E-state index in [4.69, 9.17) is 16.3 Å². The molecule has 1 aliphatic heterocycles. The smallest absolute Gasteiger partial charge is 0.376 e. The number of likely N-dealkylation sites (tertiary alicyclic amines) is 1. The fourth-order valence-corrected chi connectivity index (χ4v) is 4.97. The van der Waals surface area contributed by atoms with Gasteiger partial charge in [-0.1, -0.05) is 44.5 Å². The quantitative estimate of drug-likeness (QED) is 0.364. The lowest BCUT2D eigenvalue weighted by molar-refractivity contribution is -0.136. The average molecular weight is 378 g/mol. The van der Waals surface area contributed by atoms with Crippen LogP contribution in [0.25, 0.3) is 0 Å². The van der Waals surface area contributed by atoms with Gasteiger partial charge in [0.1, 0.15) is 0 Å². The molecule has 2 fully saturated rings. The van der Waals surface area contributed by atoms with E-state index in [9.17, 15) is 4.79 Å². The number of esters is 1. The normalized spacial score (nSPS) is 27.3. The lowest BCUT2D eigenvalue weighted by Crippen LogP contribution is -2.42. The Morgan fingerprint density at radius 1 is 1.35 bits per heavy atom. The highest BCUT2D eigenvalue weighted by Gasteiger charge is 2.51. The second-order valence-electron chi connectivity index (χ2n) is 8.59. The molecule has 0 aromatic heterocycles. The van der Waals surface area contributed by atoms with Crippen molar-refractivity contribution in [1.82, 2.24) is 4.90 Å². The minimum Gasteiger partial charge on any atom is -0.460 e. The predicted octanol–water partition coefficient (Wildman–Crippen LogP) is 4.53. The van der Waals surface area contributed by atoms with Crippen LogP contribution in [0.2, 0.25) is 5.02 Å². The SMILES string of the molecule is CCOC(=O)/C(=N/Nc1ccccc1Cl)N1C[C@@]2(C)C[C@@H]1CC(C)(C)C2. The number of amidine groups is 1. The number of halogens is 1. The van der Waals surface area contributed by atoms with Crippen LogP contribution in [0.1, 0.15) is 47.0 Å². The molecule has 1 aromatic carbocycles. The highest BCUT2D eigenvalue weighted by Crippen LogP contribution is 2.52. The molecule has 26 heavy (non-hydrogen) atoms. The monoisotopic (exact) mass is 377 g/mol. The third kappa shape index (κ3) is 3.98. The zero-order valence-corrected chi connectivity index (χ0v) is 16.8. The minimum absolute atomic E-state index is 0.198. The van der Waals surface area contributed by atoms with Crippen LogP contribution in [0.15, 0.2) is 29.4 Å². The first-order valence-corrected chi connectivity index (χ1v) is 9.63. The van der Waals surface area contributed by atoms with Crippen LogP contribution in [0.4, 0.5) is 5.69 Å². The summed E-state index contributed by atoms with van der Waals surface area (Å²) < 4.78 is 5.28. The summed E-state index contributed by atoms with van der Waals surface area (Å²) in [5.41, 5.74) is 4.09. The number of nitrogens with zero attached hydrogens (tertiary/aromatic N) is 2. The molecule has 1 aromatic rings. The Morgan fingerprint density at radius 2 is 2.08 bits per heavy atom. The van der Waals surface area contributed by atoms with E-state index in [1.165, 1.54) is 0 Å².